The molecule has 9 aromatic carbocycles. The lowest BCUT2D eigenvalue weighted by atomic mass is 9.98. The molecule has 13 aromatic rings. The zero-order valence-electron chi connectivity index (χ0n) is 30.6. The van der Waals surface area contributed by atoms with Gasteiger partial charge < -0.3 is 4.57 Å². The molecule has 0 aliphatic rings. The quantitative estimate of drug-likeness (QED) is 0.182. The van der Waals surface area contributed by atoms with Gasteiger partial charge in [0.2, 0.25) is 5.95 Å². The van der Waals surface area contributed by atoms with Gasteiger partial charge in [0, 0.05) is 32.6 Å². The number of nitrogens with zero attached hydrogens (tertiary/aromatic N) is 5. The largest absolute Gasteiger partial charge is 0.309 e. The maximum atomic E-state index is 5.43. The zero-order chi connectivity index (χ0) is 37.2. The Morgan fingerprint density at radius 3 is 1.54 bits per heavy atom. The summed E-state index contributed by atoms with van der Waals surface area (Å²) in [6.07, 6.45) is 0. The summed E-state index contributed by atoms with van der Waals surface area (Å²) in [6, 6.07) is 67.8. The maximum Gasteiger partial charge on any atom is 0.221 e. The summed E-state index contributed by atoms with van der Waals surface area (Å²) in [6.45, 7) is 0. The second-order valence-corrected chi connectivity index (χ2v) is 15.0. The molecule has 0 fully saturated rings. The predicted octanol–water partition coefficient (Wildman–Crippen LogP) is 13.2. The molecule has 4 aromatic heterocycles. The van der Waals surface area contributed by atoms with Crippen molar-refractivity contribution in [1.82, 2.24) is 23.5 Å². The number of aromatic nitrogens is 5. The second kappa shape index (κ2) is 11.4. The molecule has 5 nitrogen and oxygen atoms in total. The van der Waals surface area contributed by atoms with Gasteiger partial charge in [-0.25, -0.2) is 9.97 Å². The summed E-state index contributed by atoms with van der Waals surface area (Å²) in [5, 5.41) is 10.9. The maximum absolute atomic E-state index is 5.43. The Kier molecular flexibility index (Phi) is 6.10. The van der Waals surface area contributed by atoms with Crippen LogP contribution in [0.3, 0.4) is 0 Å². The molecular formula is C52H31N5. The van der Waals surface area contributed by atoms with Crippen LogP contribution in [0.5, 0.6) is 0 Å². The molecule has 5 heteroatoms. The van der Waals surface area contributed by atoms with Gasteiger partial charge in [0.1, 0.15) is 5.65 Å². The van der Waals surface area contributed by atoms with Gasteiger partial charge in [-0.15, -0.1) is 0 Å². The minimum Gasteiger partial charge on any atom is -0.309 e. The molecule has 0 N–H and O–H groups in total. The smallest absolute Gasteiger partial charge is 0.221 e. The Labute approximate surface area is 325 Å². The van der Waals surface area contributed by atoms with Crippen molar-refractivity contribution in [3.63, 3.8) is 0 Å². The fourth-order valence-corrected chi connectivity index (χ4v) is 9.49. The van der Waals surface area contributed by atoms with E-state index in [4.69, 9.17) is 9.97 Å². The summed E-state index contributed by atoms with van der Waals surface area (Å²) >= 11 is 0. The third-order valence-corrected chi connectivity index (χ3v) is 12.0. The summed E-state index contributed by atoms with van der Waals surface area (Å²) < 4.78 is 6.98. The first-order chi connectivity index (χ1) is 28.3. The van der Waals surface area contributed by atoms with Gasteiger partial charge in [0.25, 0.3) is 0 Å². The molecule has 0 atom stereocenters. The van der Waals surface area contributed by atoms with E-state index in [-0.39, 0.29) is 0 Å². The van der Waals surface area contributed by atoms with Crippen LogP contribution in [-0.4, -0.2) is 23.5 Å². The minimum absolute atomic E-state index is 0.822. The molecule has 4 heterocycles. The number of fused-ring (bicyclic) bond motifs is 15. The van der Waals surface area contributed by atoms with E-state index >= 15 is 0 Å². The van der Waals surface area contributed by atoms with Crippen LogP contribution in [-0.2, 0) is 0 Å². The number of benzene rings is 9. The Hall–Kier alpha value is -7.76. The van der Waals surface area contributed by atoms with Gasteiger partial charge in [-0.2, -0.15) is 0 Å². The number of imidazole rings is 1. The lowest BCUT2D eigenvalue weighted by Gasteiger charge is -2.13. The highest BCUT2D eigenvalue weighted by atomic mass is 15.2. The highest BCUT2D eigenvalue weighted by Gasteiger charge is 2.22. The third-order valence-electron chi connectivity index (χ3n) is 12.0. The molecule has 0 saturated heterocycles. The first kappa shape index (κ1) is 30.6. The lowest BCUT2D eigenvalue weighted by Crippen LogP contribution is -2.06. The first-order valence-corrected chi connectivity index (χ1v) is 19.4. The van der Waals surface area contributed by atoms with Gasteiger partial charge in [0.05, 0.1) is 38.6 Å². The van der Waals surface area contributed by atoms with E-state index in [0.29, 0.717) is 0 Å². The lowest BCUT2D eigenvalue weighted by molar-refractivity contribution is 0.980. The summed E-state index contributed by atoms with van der Waals surface area (Å²) in [5.41, 5.74) is 11.9. The first-order valence-electron chi connectivity index (χ1n) is 19.4. The monoisotopic (exact) mass is 725 g/mol. The van der Waals surface area contributed by atoms with Crippen molar-refractivity contribution in [2.24, 2.45) is 0 Å². The van der Waals surface area contributed by atoms with Crippen LogP contribution < -0.4 is 0 Å². The fourth-order valence-electron chi connectivity index (χ4n) is 9.49. The molecule has 0 radical (unpaired) electrons. The van der Waals surface area contributed by atoms with Crippen LogP contribution in [0.2, 0.25) is 0 Å². The van der Waals surface area contributed by atoms with Gasteiger partial charge in [-0.3, -0.25) is 8.97 Å². The molecule has 0 bridgehead atoms. The van der Waals surface area contributed by atoms with Crippen LogP contribution >= 0.6 is 0 Å². The van der Waals surface area contributed by atoms with Gasteiger partial charge in [-0.1, -0.05) is 115 Å². The van der Waals surface area contributed by atoms with E-state index in [0.717, 1.165) is 50.3 Å². The highest BCUT2D eigenvalue weighted by molar-refractivity contribution is 6.23. The molecule has 264 valence electrons. The van der Waals surface area contributed by atoms with E-state index in [1.54, 1.807) is 0 Å². The van der Waals surface area contributed by atoms with E-state index in [1.165, 1.54) is 65.3 Å². The Bertz CT molecular complexity index is 3810. The Balaban J connectivity index is 1.12. The molecule has 0 aliphatic carbocycles. The molecular weight excluding hydrogens is 695 g/mol. The van der Waals surface area contributed by atoms with Crippen molar-refractivity contribution >= 4 is 92.7 Å². The number of hydrogen-bond acceptors (Lipinski definition) is 2. The molecule has 13 rings (SSSR count). The van der Waals surface area contributed by atoms with E-state index in [1.807, 2.05) is 0 Å². The van der Waals surface area contributed by atoms with E-state index < -0.39 is 0 Å². The summed E-state index contributed by atoms with van der Waals surface area (Å²) in [5.74, 6) is 0.822. The van der Waals surface area contributed by atoms with Crippen LogP contribution in [0, 0.1) is 0 Å². The topological polar surface area (TPSA) is 40.0 Å². The number of para-hydroxylation sites is 4. The minimum atomic E-state index is 0.822. The SMILES string of the molecule is c1ccc(-n2c3ccc(-c4ccc5c(c4)c4c6ccccc6ccc4n5-c4nc5ccccc5c5nc6ccccc6n45)cc3c3c4ccccc4ccc32)cc1. The van der Waals surface area contributed by atoms with Crippen LogP contribution in [0.15, 0.2) is 188 Å². The average Bonchev–Trinajstić information content (AvgIpc) is 3.94. The Morgan fingerprint density at radius 1 is 0.333 bits per heavy atom. The fraction of sp³-hybridized carbons (Fsp3) is 0. The summed E-state index contributed by atoms with van der Waals surface area (Å²) in [7, 11) is 0. The van der Waals surface area contributed by atoms with Crippen LogP contribution in [0.25, 0.3) is 116 Å². The van der Waals surface area contributed by atoms with Crippen molar-refractivity contribution in [2.75, 3.05) is 0 Å². The van der Waals surface area contributed by atoms with E-state index in [2.05, 4.69) is 202 Å². The van der Waals surface area contributed by atoms with Crippen molar-refractivity contribution < 1.29 is 0 Å². The predicted molar refractivity (Wildman–Crippen MR) is 237 cm³/mol. The molecule has 0 spiro atoms. The normalized spacial score (nSPS) is 12.2. The van der Waals surface area contributed by atoms with Crippen molar-refractivity contribution in [1.29, 1.82) is 0 Å². The third kappa shape index (κ3) is 4.23. The van der Waals surface area contributed by atoms with Crippen molar-refractivity contribution in [3.05, 3.63) is 188 Å². The molecule has 0 unspecified atom stereocenters. The van der Waals surface area contributed by atoms with Crippen LogP contribution in [0.1, 0.15) is 0 Å². The Morgan fingerprint density at radius 2 is 0.860 bits per heavy atom. The highest BCUT2D eigenvalue weighted by Crippen LogP contribution is 2.42. The van der Waals surface area contributed by atoms with Crippen molar-refractivity contribution in [3.8, 4) is 22.8 Å². The van der Waals surface area contributed by atoms with Crippen molar-refractivity contribution in [2.45, 2.75) is 0 Å². The van der Waals surface area contributed by atoms with E-state index in [9.17, 15) is 0 Å². The molecule has 57 heavy (non-hydrogen) atoms. The van der Waals surface area contributed by atoms with Gasteiger partial charge >= 0.3 is 0 Å². The molecule has 0 amide bonds. The van der Waals surface area contributed by atoms with Crippen LogP contribution in [0.4, 0.5) is 0 Å². The zero-order valence-corrected chi connectivity index (χ0v) is 30.6. The molecule has 0 saturated carbocycles. The number of hydrogen-bond donors (Lipinski definition) is 0. The average molecular weight is 726 g/mol. The van der Waals surface area contributed by atoms with Gasteiger partial charge in [0.15, 0.2) is 0 Å². The van der Waals surface area contributed by atoms with Gasteiger partial charge in [-0.05, 0) is 105 Å². The number of rotatable bonds is 3. The standard InChI is InChI=1S/C52H31N5/c1-2-14-36(15-3-1)55-44-26-24-34(30-40(44)49-37-16-6-4-12-32(37)22-28-47(49)55)35-25-27-45-41(31-35)50-38-17-7-5-13-33(38)23-29-48(50)56(45)52-54-42-19-9-8-18-39(42)51-53-43-20-10-11-21-46(43)57(51)52/h1-31H. The second-order valence-electron chi connectivity index (χ2n) is 15.0. The molecule has 0 aliphatic heterocycles. The summed E-state index contributed by atoms with van der Waals surface area (Å²) in [4.78, 5) is 10.6.